The van der Waals surface area contributed by atoms with Crippen LogP contribution >= 0.6 is 12.4 Å². The molecule has 0 saturated heterocycles. The normalized spacial score (nSPS) is 24.6. The van der Waals surface area contributed by atoms with E-state index in [1.807, 2.05) is 18.2 Å². The van der Waals surface area contributed by atoms with Crippen molar-refractivity contribution in [1.29, 1.82) is 0 Å². The highest BCUT2D eigenvalue weighted by atomic mass is 35.5. The molecule has 25 heavy (non-hydrogen) atoms. The van der Waals surface area contributed by atoms with E-state index in [1.165, 1.54) is 17.5 Å². The van der Waals surface area contributed by atoms with Gasteiger partial charge in [0.2, 0.25) is 0 Å². The summed E-state index contributed by atoms with van der Waals surface area (Å²) in [6.07, 6.45) is 4.19. The maximum atomic E-state index is 11.7. The number of hydrogen-bond acceptors (Lipinski definition) is 2. The predicted octanol–water partition coefficient (Wildman–Crippen LogP) is 5.10. The van der Waals surface area contributed by atoms with Gasteiger partial charge in [-0.3, -0.25) is 0 Å². The van der Waals surface area contributed by atoms with E-state index in [0.29, 0.717) is 0 Å². The second-order valence-corrected chi connectivity index (χ2v) is 7.41. The minimum absolute atomic E-state index is 0. The number of hydrogen-bond donors (Lipinski definition) is 1. The maximum Gasteiger partial charge on any atom is 0.0942 e. The van der Waals surface area contributed by atoms with Gasteiger partial charge in [-0.15, -0.1) is 12.4 Å². The van der Waals surface area contributed by atoms with Crippen LogP contribution in [0.15, 0.2) is 54.6 Å². The summed E-state index contributed by atoms with van der Waals surface area (Å²) in [6.45, 7) is 2.18. The average molecular weight is 360 g/mol. The van der Waals surface area contributed by atoms with Gasteiger partial charge in [-0.1, -0.05) is 67.4 Å². The quantitative estimate of drug-likeness (QED) is 0.821. The molecule has 136 valence electrons. The molecule has 1 aliphatic carbocycles. The van der Waals surface area contributed by atoms with Gasteiger partial charge >= 0.3 is 0 Å². The van der Waals surface area contributed by atoms with Crippen LogP contribution in [0.2, 0.25) is 0 Å². The van der Waals surface area contributed by atoms with E-state index in [4.69, 9.17) is 0 Å². The lowest BCUT2D eigenvalue weighted by Crippen LogP contribution is -2.45. The molecular weight excluding hydrogens is 330 g/mol. The molecule has 0 aliphatic heterocycles. The Bertz CT molecular complexity index is 673. The number of aliphatic hydroxyl groups is 1. The van der Waals surface area contributed by atoms with Gasteiger partial charge in [-0.25, -0.2) is 0 Å². The molecular formula is C22H30ClNO. The molecule has 2 aromatic rings. The molecule has 0 amide bonds. The van der Waals surface area contributed by atoms with Crippen LogP contribution in [0.5, 0.6) is 0 Å². The fourth-order valence-corrected chi connectivity index (χ4v) is 4.46. The second-order valence-electron chi connectivity index (χ2n) is 7.41. The third-order valence-corrected chi connectivity index (χ3v) is 5.65. The van der Waals surface area contributed by atoms with Gasteiger partial charge in [0.25, 0.3) is 0 Å². The lowest BCUT2D eigenvalue weighted by Gasteiger charge is -2.47. The summed E-state index contributed by atoms with van der Waals surface area (Å²) in [7, 11) is 4.27. The fourth-order valence-electron chi connectivity index (χ4n) is 4.46. The summed E-state index contributed by atoms with van der Waals surface area (Å²) in [5.41, 5.74) is 2.95. The maximum absolute atomic E-state index is 11.7. The number of aryl methyl sites for hydroxylation is 1. The Hall–Kier alpha value is -1.35. The molecule has 0 aromatic heterocycles. The summed E-state index contributed by atoms with van der Waals surface area (Å²) in [5.74, 6) is 0.199. The van der Waals surface area contributed by atoms with E-state index < -0.39 is 5.60 Å². The van der Waals surface area contributed by atoms with Crippen molar-refractivity contribution in [2.75, 3.05) is 14.1 Å². The summed E-state index contributed by atoms with van der Waals surface area (Å²) in [4.78, 5) is 2.28. The Balaban J connectivity index is 0.00000225. The lowest BCUT2D eigenvalue weighted by molar-refractivity contribution is -0.0838. The topological polar surface area (TPSA) is 23.5 Å². The second kappa shape index (κ2) is 8.35. The van der Waals surface area contributed by atoms with Crippen LogP contribution < -0.4 is 0 Å². The van der Waals surface area contributed by atoms with Crippen LogP contribution in [0.25, 0.3) is 0 Å². The molecule has 0 spiro atoms. The van der Waals surface area contributed by atoms with Crippen LogP contribution in [-0.4, -0.2) is 24.1 Å². The van der Waals surface area contributed by atoms with Crippen molar-refractivity contribution in [1.82, 2.24) is 4.90 Å². The van der Waals surface area contributed by atoms with E-state index >= 15 is 0 Å². The first-order valence-corrected chi connectivity index (χ1v) is 9.04. The molecule has 1 aliphatic rings. The minimum atomic E-state index is -0.753. The van der Waals surface area contributed by atoms with Crippen LogP contribution in [0, 0.1) is 12.8 Å². The summed E-state index contributed by atoms with van der Waals surface area (Å²) >= 11 is 0. The Morgan fingerprint density at radius 1 is 1.00 bits per heavy atom. The summed E-state index contributed by atoms with van der Waals surface area (Å²) in [5, 5.41) is 11.7. The molecule has 1 fully saturated rings. The van der Waals surface area contributed by atoms with Crippen LogP contribution in [0.4, 0.5) is 0 Å². The van der Waals surface area contributed by atoms with Gasteiger partial charge in [0.1, 0.15) is 0 Å². The Morgan fingerprint density at radius 2 is 1.64 bits per heavy atom. The van der Waals surface area contributed by atoms with E-state index in [2.05, 4.69) is 62.3 Å². The number of benzene rings is 2. The molecule has 0 bridgehead atoms. The van der Waals surface area contributed by atoms with Crippen molar-refractivity contribution in [3.05, 3.63) is 71.3 Å². The molecule has 2 aromatic carbocycles. The number of rotatable bonds is 4. The Kier molecular flexibility index (Phi) is 6.67. The molecule has 1 saturated carbocycles. The molecule has 0 radical (unpaired) electrons. The molecule has 2 nitrogen and oxygen atoms in total. The zero-order chi connectivity index (χ0) is 17.2. The Morgan fingerprint density at radius 3 is 2.28 bits per heavy atom. The van der Waals surface area contributed by atoms with Gasteiger partial charge in [-0.05, 0) is 50.6 Å². The molecule has 3 heteroatoms. The summed E-state index contributed by atoms with van der Waals surface area (Å²) < 4.78 is 0. The third-order valence-electron chi connectivity index (χ3n) is 5.65. The predicted molar refractivity (Wildman–Crippen MR) is 107 cm³/mol. The SMILES string of the molecule is Cc1ccccc1C(C1CCCCC1(O)c1ccccc1)N(C)C.Cl. The molecule has 3 unspecified atom stereocenters. The van der Waals surface area contributed by atoms with Crippen LogP contribution in [-0.2, 0) is 5.60 Å². The van der Waals surface area contributed by atoms with Crippen molar-refractivity contribution in [2.45, 2.75) is 44.2 Å². The van der Waals surface area contributed by atoms with E-state index in [1.54, 1.807) is 0 Å². The zero-order valence-corrected chi connectivity index (χ0v) is 16.3. The van der Waals surface area contributed by atoms with Crippen molar-refractivity contribution in [3.63, 3.8) is 0 Å². The number of nitrogens with zero attached hydrogens (tertiary/aromatic N) is 1. The standard InChI is InChI=1S/C22H29NO.ClH/c1-17-11-7-8-14-19(17)21(23(2)3)20-15-9-10-16-22(20,24)18-12-5-4-6-13-18;/h4-8,11-14,20-21,24H,9-10,15-16H2,1-3H3;1H. The highest BCUT2D eigenvalue weighted by Crippen LogP contribution is 2.49. The largest absolute Gasteiger partial charge is 0.385 e. The van der Waals surface area contributed by atoms with E-state index in [0.717, 1.165) is 24.8 Å². The van der Waals surface area contributed by atoms with E-state index in [-0.39, 0.29) is 24.4 Å². The van der Waals surface area contributed by atoms with Gasteiger partial charge in [0, 0.05) is 12.0 Å². The first-order valence-electron chi connectivity index (χ1n) is 9.04. The van der Waals surface area contributed by atoms with Crippen molar-refractivity contribution in [2.24, 2.45) is 5.92 Å². The fraction of sp³-hybridized carbons (Fsp3) is 0.455. The van der Waals surface area contributed by atoms with E-state index in [9.17, 15) is 5.11 Å². The zero-order valence-electron chi connectivity index (χ0n) is 15.5. The first-order chi connectivity index (χ1) is 11.5. The van der Waals surface area contributed by atoms with Crippen LogP contribution in [0.3, 0.4) is 0 Å². The monoisotopic (exact) mass is 359 g/mol. The van der Waals surface area contributed by atoms with Crippen molar-refractivity contribution in [3.8, 4) is 0 Å². The minimum Gasteiger partial charge on any atom is -0.385 e. The van der Waals surface area contributed by atoms with Gasteiger partial charge in [-0.2, -0.15) is 0 Å². The van der Waals surface area contributed by atoms with Crippen LogP contribution in [0.1, 0.15) is 48.4 Å². The number of halogens is 1. The molecule has 3 atom stereocenters. The average Bonchev–Trinajstić information content (AvgIpc) is 2.59. The molecule has 0 heterocycles. The molecule has 1 N–H and O–H groups in total. The van der Waals surface area contributed by atoms with Crippen molar-refractivity contribution >= 4 is 12.4 Å². The first kappa shape index (κ1) is 20.0. The highest BCUT2D eigenvalue weighted by molar-refractivity contribution is 5.85. The summed E-state index contributed by atoms with van der Waals surface area (Å²) in [6, 6.07) is 19.1. The van der Waals surface area contributed by atoms with Gasteiger partial charge < -0.3 is 10.0 Å². The van der Waals surface area contributed by atoms with Crippen molar-refractivity contribution < 1.29 is 5.11 Å². The van der Waals surface area contributed by atoms with Gasteiger partial charge in [0.15, 0.2) is 0 Å². The Labute approximate surface area is 158 Å². The molecule has 3 rings (SSSR count). The smallest absolute Gasteiger partial charge is 0.0942 e. The lowest BCUT2D eigenvalue weighted by atomic mass is 9.66. The van der Waals surface area contributed by atoms with Gasteiger partial charge in [0.05, 0.1) is 5.60 Å². The third kappa shape index (κ3) is 3.92. The highest BCUT2D eigenvalue weighted by Gasteiger charge is 2.45.